The summed E-state index contributed by atoms with van der Waals surface area (Å²) < 4.78 is 14.6. The second-order valence-electron chi connectivity index (χ2n) is 6.90. The molecule has 0 amide bonds. The van der Waals surface area contributed by atoms with Gasteiger partial charge in [-0.3, -0.25) is 0 Å². The van der Waals surface area contributed by atoms with E-state index in [1.165, 1.54) is 6.07 Å². The van der Waals surface area contributed by atoms with Crippen LogP contribution in [0.25, 0.3) is 22.4 Å². The van der Waals surface area contributed by atoms with Gasteiger partial charge in [0.15, 0.2) is 0 Å². The minimum Gasteiger partial charge on any atom is -0.507 e. The monoisotopic (exact) mass is 382 g/mol. The Bertz CT molecular complexity index is 972. The Morgan fingerprint density at radius 1 is 1.15 bits per heavy atom. The number of halogens is 2. The molecule has 138 valence electrons. The Balaban J connectivity index is 1.94. The summed E-state index contributed by atoms with van der Waals surface area (Å²) in [5.41, 5.74) is 2.21. The Morgan fingerprint density at radius 3 is 2.67 bits per heavy atom. The molecule has 1 unspecified atom stereocenters. The molecule has 4 rings (SSSR count). The predicted molar refractivity (Wildman–Crippen MR) is 108 cm³/mol. The van der Waals surface area contributed by atoms with E-state index in [9.17, 15) is 9.50 Å². The number of hydrogen-bond donors (Lipinski definition) is 1. The lowest BCUT2D eigenvalue weighted by Gasteiger charge is -2.24. The molecule has 1 aromatic heterocycles. The number of aromatic hydroxyl groups is 1. The highest BCUT2D eigenvalue weighted by Gasteiger charge is 2.24. The molecular formula is C22H20ClFN2O. The highest BCUT2D eigenvalue weighted by atomic mass is 35.5. The van der Waals surface area contributed by atoms with Crippen LogP contribution < -0.4 is 4.90 Å². The molecule has 0 saturated carbocycles. The van der Waals surface area contributed by atoms with Gasteiger partial charge in [0, 0.05) is 23.7 Å². The summed E-state index contributed by atoms with van der Waals surface area (Å²) in [6.07, 6.45) is 2.19. The van der Waals surface area contributed by atoms with Crippen molar-refractivity contribution in [2.45, 2.75) is 25.8 Å². The lowest BCUT2D eigenvalue weighted by atomic mass is 10.0. The number of hydrogen-bond acceptors (Lipinski definition) is 3. The van der Waals surface area contributed by atoms with Crippen LogP contribution in [0.4, 0.5) is 10.2 Å². The van der Waals surface area contributed by atoms with Crippen molar-refractivity contribution in [1.29, 1.82) is 0 Å². The molecule has 5 heteroatoms. The van der Waals surface area contributed by atoms with E-state index < -0.39 is 0 Å². The zero-order chi connectivity index (χ0) is 19.0. The van der Waals surface area contributed by atoms with Crippen LogP contribution in [0.3, 0.4) is 0 Å². The number of phenols is 1. The summed E-state index contributed by atoms with van der Waals surface area (Å²) in [6.45, 7) is 3.07. The van der Waals surface area contributed by atoms with Crippen molar-refractivity contribution < 1.29 is 9.50 Å². The predicted octanol–water partition coefficient (Wildman–Crippen LogP) is 5.90. The van der Waals surface area contributed by atoms with Crippen LogP contribution >= 0.6 is 11.6 Å². The number of anilines is 1. The van der Waals surface area contributed by atoms with Crippen LogP contribution in [-0.2, 0) is 0 Å². The molecule has 3 nitrogen and oxygen atoms in total. The molecule has 0 spiro atoms. The number of nitrogens with zero attached hydrogens (tertiary/aromatic N) is 2. The third kappa shape index (κ3) is 3.37. The first-order valence-corrected chi connectivity index (χ1v) is 9.44. The van der Waals surface area contributed by atoms with Crippen LogP contribution in [-0.4, -0.2) is 22.7 Å². The maximum absolute atomic E-state index is 14.6. The van der Waals surface area contributed by atoms with Crippen LogP contribution in [0.5, 0.6) is 5.75 Å². The number of phenolic OH excluding ortho intramolecular Hbond substituents is 1. The van der Waals surface area contributed by atoms with E-state index in [0.717, 1.165) is 25.2 Å². The smallest absolute Gasteiger partial charge is 0.132 e. The molecule has 2 aromatic carbocycles. The Labute approximate surface area is 163 Å². The number of pyridine rings is 1. The van der Waals surface area contributed by atoms with Gasteiger partial charge in [0.2, 0.25) is 0 Å². The SMILES string of the molecule is CC1CCCN1c1cc(-c2c(F)cccc2Cl)cc(-c2ccccc2O)n1. The van der Waals surface area contributed by atoms with Crippen molar-refractivity contribution in [3.05, 3.63) is 65.4 Å². The van der Waals surface area contributed by atoms with E-state index in [-0.39, 0.29) is 11.6 Å². The van der Waals surface area contributed by atoms with E-state index in [0.29, 0.717) is 33.4 Å². The zero-order valence-electron chi connectivity index (χ0n) is 15.0. The van der Waals surface area contributed by atoms with Crippen molar-refractivity contribution in [3.63, 3.8) is 0 Å². The average Bonchev–Trinajstić information content (AvgIpc) is 3.08. The highest BCUT2D eigenvalue weighted by molar-refractivity contribution is 6.33. The third-order valence-electron chi connectivity index (χ3n) is 5.09. The lowest BCUT2D eigenvalue weighted by Crippen LogP contribution is -2.27. The van der Waals surface area contributed by atoms with Crippen molar-refractivity contribution in [2.24, 2.45) is 0 Å². The Hall–Kier alpha value is -2.59. The van der Waals surface area contributed by atoms with E-state index in [4.69, 9.17) is 16.6 Å². The molecule has 3 aromatic rings. The summed E-state index contributed by atoms with van der Waals surface area (Å²) >= 11 is 6.31. The maximum Gasteiger partial charge on any atom is 0.132 e. The molecule has 1 fully saturated rings. The number of aromatic nitrogens is 1. The van der Waals surface area contributed by atoms with Gasteiger partial charge in [-0.05, 0) is 61.7 Å². The maximum atomic E-state index is 14.6. The fourth-order valence-corrected chi connectivity index (χ4v) is 3.96. The van der Waals surface area contributed by atoms with E-state index in [2.05, 4.69) is 11.8 Å². The summed E-state index contributed by atoms with van der Waals surface area (Å²) in [7, 11) is 0. The molecule has 1 aliphatic rings. The standard InChI is InChI=1S/C22H20ClFN2O/c1-14-6-5-11-26(14)21-13-15(22-17(23)8-4-9-18(22)24)12-19(25-21)16-7-2-3-10-20(16)27/h2-4,7-10,12-14,27H,5-6,11H2,1H3. The summed E-state index contributed by atoms with van der Waals surface area (Å²) in [6, 6.07) is 15.7. The van der Waals surface area contributed by atoms with Gasteiger partial charge >= 0.3 is 0 Å². The molecule has 1 saturated heterocycles. The summed E-state index contributed by atoms with van der Waals surface area (Å²) in [4.78, 5) is 7.01. The lowest BCUT2D eigenvalue weighted by molar-refractivity contribution is 0.477. The first kappa shape index (κ1) is 17.8. The number of rotatable bonds is 3. The van der Waals surface area contributed by atoms with Crippen LogP contribution in [0.2, 0.25) is 5.02 Å². The van der Waals surface area contributed by atoms with Gasteiger partial charge in [0.1, 0.15) is 17.4 Å². The molecule has 1 aliphatic heterocycles. The Kier molecular flexibility index (Phi) is 4.75. The quantitative estimate of drug-likeness (QED) is 0.612. The summed E-state index contributed by atoms with van der Waals surface area (Å²) in [5.74, 6) is 0.537. The number of benzene rings is 2. The molecule has 0 aliphatic carbocycles. The van der Waals surface area contributed by atoms with E-state index in [1.807, 2.05) is 18.2 Å². The van der Waals surface area contributed by atoms with Crippen molar-refractivity contribution in [3.8, 4) is 28.1 Å². The first-order chi connectivity index (χ1) is 13.0. The average molecular weight is 383 g/mol. The molecule has 27 heavy (non-hydrogen) atoms. The van der Waals surface area contributed by atoms with Gasteiger partial charge in [0.05, 0.1) is 10.7 Å². The zero-order valence-corrected chi connectivity index (χ0v) is 15.7. The van der Waals surface area contributed by atoms with Gasteiger partial charge in [-0.15, -0.1) is 0 Å². The minimum atomic E-state index is -0.377. The second-order valence-corrected chi connectivity index (χ2v) is 7.30. The molecular weight excluding hydrogens is 363 g/mol. The van der Waals surface area contributed by atoms with Gasteiger partial charge in [-0.1, -0.05) is 29.8 Å². The number of para-hydroxylation sites is 1. The molecule has 0 bridgehead atoms. The first-order valence-electron chi connectivity index (χ1n) is 9.06. The summed E-state index contributed by atoms with van der Waals surface area (Å²) in [5, 5.41) is 10.6. The van der Waals surface area contributed by atoms with Crippen LogP contribution in [0.15, 0.2) is 54.6 Å². The Morgan fingerprint density at radius 2 is 1.96 bits per heavy atom. The van der Waals surface area contributed by atoms with Gasteiger partial charge in [-0.2, -0.15) is 0 Å². The van der Waals surface area contributed by atoms with Gasteiger partial charge in [-0.25, -0.2) is 9.37 Å². The molecule has 2 heterocycles. The van der Waals surface area contributed by atoms with Crippen molar-refractivity contribution in [2.75, 3.05) is 11.4 Å². The molecule has 1 atom stereocenters. The minimum absolute atomic E-state index is 0.141. The van der Waals surface area contributed by atoms with Crippen LogP contribution in [0, 0.1) is 5.82 Å². The largest absolute Gasteiger partial charge is 0.507 e. The van der Waals surface area contributed by atoms with Gasteiger partial charge < -0.3 is 10.0 Å². The van der Waals surface area contributed by atoms with E-state index >= 15 is 0 Å². The van der Waals surface area contributed by atoms with E-state index in [1.54, 1.807) is 30.3 Å². The van der Waals surface area contributed by atoms with Crippen molar-refractivity contribution in [1.82, 2.24) is 4.98 Å². The topological polar surface area (TPSA) is 36.4 Å². The fraction of sp³-hybridized carbons (Fsp3) is 0.227. The van der Waals surface area contributed by atoms with Gasteiger partial charge in [0.25, 0.3) is 0 Å². The van der Waals surface area contributed by atoms with Crippen molar-refractivity contribution >= 4 is 17.4 Å². The molecule has 0 radical (unpaired) electrons. The normalized spacial score (nSPS) is 16.7. The third-order valence-corrected chi connectivity index (χ3v) is 5.41. The van der Waals surface area contributed by atoms with Crippen LogP contribution in [0.1, 0.15) is 19.8 Å². The highest BCUT2D eigenvalue weighted by Crippen LogP contribution is 2.38. The second kappa shape index (κ2) is 7.20. The fourth-order valence-electron chi connectivity index (χ4n) is 3.68. The molecule has 1 N–H and O–H groups in total.